The molecule has 1 heterocycles. The summed E-state index contributed by atoms with van der Waals surface area (Å²) in [6, 6.07) is 5.73. The fourth-order valence-electron chi connectivity index (χ4n) is 2.53. The van der Waals surface area contributed by atoms with Crippen LogP contribution in [0.15, 0.2) is 18.2 Å². The Morgan fingerprint density at radius 1 is 1.33 bits per heavy atom. The van der Waals surface area contributed by atoms with Crippen molar-refractivity contribution in [3.63, 3.8) is 0 Å². The van der Waals surface area contributed by atoms with Gasteiger partial charge in [0.25, 0.3) is 0 Å². The molecule has 6 heteroatoms. The SMILES string of the molecule is Cc1cc(NC(=O)NCC[S@](C)=O)ccc1N1CCCC1. The van der Waals surface area contributed by atoms with E-state index in [1.807, 2.05) is 12.1 Å². The first kappa shape index (κ1) is 15.8. The van der Waals surface area contributed by atoms with Crippen LogP contribution in [-0.4, -0.2) is 41.9 Å². The van der Waals surface area contributed by atoms with Crippen LogP contribution in [0.4, 0.5) is 16.2 Å². The minimum Gasteiger partial charge on any atom is -0.371 e. The standard InChI is InChI=1S/C15H23N3O2S/c1-12-11-13(17-15(19)16-7-10-21(2)20)5-6-14(12)18-8-3-4-9-18/h5-6,11H,3-4,7-10H2,1-2H3,(H2,16,17,19)/t21-/m0/s1. The molecule has 1 aliphatic heterocycles. The topological polar surface area (TPSA) is 61.4 Å². The maximum Gasteiger partial charge on any atom is 0.319 e. The Balaban J connectivity index is 1.90. The molecule has 0 unspecified atom stereocenters. The van der Waals surface area contributed by atoms with Crippen LogP contribution in [0.2, 0.25) is 0 Å². The van der Waals surface area contributed by atoms with Crippen LogP contribution in [0.1, 0.15) is 18.4 Å². The highest BCUT2D eigenvalue weighted by atomic mass is 32.2. The minimum atomic E-state index is -0.885. The molecule has 1 aliphatic rings. The minimum absolute atomic E-state index is 0.256. The molecule has 1 aromatic rings. The number of rotatable bonds is 5. The Bertz CT molecular complexity index is 528. The van der Waals surface area contributed by atoms with Gasteiger partial charge in [-0.05, 0) is 43.5 Å². The number of aryl methyl sites for hydroxylation is 1. The van der Waals surface area contributed by atoms with Gasteiger partial charge in [-0.25, -0.2) is 4.79 Å². The van der Waals surface area contributed by atoms with Gasteiger partial charge < -0.3 is 15.5 Å². The normalized spacial score (nSPS) is 15.8. The summed E-state index contributed by atoms with van der Waals surface area (Å²) in [5.41, 5.74) is 3.20. The monoisotopic (exact) mass is 309 g/mol. The molecule has 2 N–H and O–H groups in total. The lowest BCUT2D eigenvalue weighted by molar-refractivity contribution is 0.252. The van der Waals surface area contributed by atoms with Crippen LogP contribution < -0.4 is 15.5 Å². The quantitative estimate of drug-likeness (QED) is 0.875. The molecule has 0 spiro atoms. The molecule has 1 saturated heterocycles. The Labute approximate surface area is 128 Å². The number of urea groups is 1. The summed E-state index contributed by atoms with van der Waals surface area (Å²) < 4.78 is 10.9. The van der Waals surface area contributed by atoms with E-state index in [-0.39, 0.29) is 6.03 Å². The molecule has 116 valence electrons. The van der Waals surface area contributed by atoms with E-state index in [9.17, 15) is 9.00 Å². The molecule has 1 atom stereocenters. The highest BCUT2D eigenvalue weighted by Gasteiger charge is 2.14. The maximum atomic E-state index is 11.7. The van der Waals surface area contributed by atoms with E-state index in [2.05, 4.69) is 28.5 Å². The summed E-state index contributed by atoms with van der Waals surface area (Å²) >= 11 is 0. The molecule has 5 nitrogen and oxygen atoms in total. The van der Waals surface area contributed by atoms with Gasteiger partial charge >= 0.3 is 6.03 Å². The van der Waals surface area contributed by atoms with Crippen molar-refractivity contribution >= 4 is 28.2 Å². The Hall–Kier alpha value is -1.56. The van der Waals surface area contributed by atoms with Crippen molar-refractivity contribution in [1.82, 2.24) is 5.32 Å². The zero-order valence-corrected chi connectivity index (χ0v) is 13.5. The summed E-state index contributed by atoms with van der Waals surface area (Å²) in [6.07, 6.45) is 4.13. The highest BCUT2D eigenvalue weighted by Crippen LogP contribution is 2.26. The van der Waals surface area contributed by atoms with Crippen molar-refractivity contribution < 1.29 is 9.00 Å². The zero-order valence-electron chi connectivity index (χ0n) is 12.6. The molecule has 1 aromatic carbocycles. The molecule has 2 amide bonds. The third kappa shape index (κ3) is 4.74. The number of benzene rings is 1. The molecule has 2 rings (SSSR count). The molecule has 21 heavy (non-hydrogen) atoms. The Kier molecular flexibility index (Phi) is 5.61. The fraction of sp³-hybridized carbons (Fsp3) is 0.533. The first-order valence-electron chi connectivity index (χ1n) is 7.27. The van der Waals surface area contributed by atoms with Crippen LogP contribution in [0.25, 0.3) is 0 Å². The Morgan fingerprint density at radius 3 is 2.67 bits per heavy atom. The average molecular weight is 309 g/mol. The number of nitrogens with zero attached hydrogens (tertiary/aromatic N) is 1. The lowest BCUT2D eigenvalue weighted by Crippen LogP contribution is -2.31. The first-order valence-corrected chi connectivity index (χ1v) is 8.99. The molecular weight excluding hydrogens is 286 g/mol. The largest absolute Gasteiger partial charge is 0.371 e. The highest BCUT2D eigenvalue weighted by molar-refractivity contribution is 7.84. The fourth-order valence-corrected chi connectivity index (χ4v) is 2.92. The van der Waals surface area contributed by atoms with Crippen molar-refractivity contribution in [1.29, 1.82) is 0 Å². The predicted molar refractivity (Wildman–Crippen MR) is 88.6 cm³/mol. The number of hydrogen-bond donors (Lipinski definition) is 2. The summed E-state index contributed by atoms with van der Waals surface area (Å²) in [4.78, 5) is 14.1. The van der Waals surface area contributed by atoms with E-state index in [1.54, 1.807) is 6.26 Å². The van der Waals surface area contributed by atoms with Gasteiger partial charge in [0.1, 0.15) is 0 Å². The molecule has 0 radical (unpaired) electrons. The van der Waals surface area contributed by atoms with Gasteiger partial charge in [0.15, 0.2) is 0 Å². The van der Waals surface area contributed by atoms with E-state index in [0.29, 0.717) is 12.3 Å². The van der Waals surface area contributed by atoms with E-state index >= 15 is 0 Å². The maximum absolute atomic E-state index is 11.7. The summed E-state index contributed by atoms with van der Waals surface area (Å²) in [6.45, 7) is 4.71. The van der Waals surface area contributed by atoms with E-state index in [4.69, 9.17) is 0 Å². The molecule has 0 saturated carbocycles. The summed E-state index contributed by atoms with van der Waals surface area (Å²) in [7, 11) is -0.885. The predicted octanol–water partition coefficient (Wildman–Crippen LogP) is 2.10. The van der Waals surface area contributed by atoms with Crippen molar-refractivity contribution in [3.8, 4) is 0 Å². The van der Waals surface area contributed by atoms with E-state index in [0.717, 1.165) is 18.8 Å². The van der Waals surface area contributed by atoms with Crippen LogP contribution in [-0.2, 0) is 10.8 Å². The first-order chi connectivity index (χ1) is 10.1. The number of nitrogens with one attached hydrogen (secondary N) is 2. The van der Waals surface area contributed by atoms with Crippen molar-refractivity contribution in [2.24, 2.45) is 0 Å². The number of hydrogen-bond acceptors (Lipinski definition) is 3. The van der Waals surface area contributed by atoms with Crippen LogP contribution in [0.5, 0.6) is 0 Å². The van der Waals surface area contributed by atoms with Gasteiger partial charge in [0.05, 0.1) is 0 Å². The van der Waals surface area contributed by atoms with Gasteiger partial charge in [0.2, 0.25) is 0 Å². The van der Waals surface area contributed by atoms with Crippen LogP contribution in [0, 0.1) is 6.92 Å². The van der Waals surface area contributed by atoms with Gasteiger partial charge in [-0.1, -0.05) is 0 Å². The van der Waals surface area contributed by atoms with Gasteiger partial charge in [-0.15, -0.1) is 0 Å². The smallest absolute Gasteiger partial charge is 0.319 e. The van der Waals surface area contributed by atoms with E-state index < -0.39 is 10.8 Å². The Morgan fingerprint density at radius 2 is 2.05 bits per heavy atom. The second-order valence-electron chi connectivity index (χ2n) is 5.35. The van der Waals surface area contributed by atoms with Crippen LogP contribution >= 0.6 is 0 Å². The zero-order chi connectivity index (χ0) is 15.2. The lowest BCUT2D eigenvalue weighted by Gasteiger charge is -2.20. The third-order valence-electron chi connectivity index (χ3n) is 3.58. The van der Waals surface area contributed by atoms with Crippen LogP contribution in [0.3, 0.4) is 0 Å². The van der Waals surface area contributed by atoms with Crippen molar-refractivity contribution in [2.75, 3.05) is 41.9 Å². The van der Waals surface area contributed by atoms with Gasteiger partial charge in [-0.3, -0.25) is 4.21 Å². The number of amides is 2. The number of carbonyl (C=O) groups excluding carboxylic acids is 1. The number of anilines is 2. The molecular formula is C15H23N3O2S. The van der Waals surface area contributed by atoms with Gasteiger partial charge in [-0.2, -0.15) is 0 Å². The van der Waals surface area contributed by atoms with Crippen molar-refractivity contribution in [3.05, 3.63) is 23.8 Å². The molecule has 0 bridgehead atoms. The van der Waals surface area contributed by atoms with Gasteiger partial charge in [0, 0.05) is 53.8 Å². The summed E-state index contributed by atoms with van der Waals surface area (Å²) in [5, 5.41) is 5.50. The lowest BCUT2D eigenvalue weighted by atomic mass is 10.1. The second kappa shape index (κ2) is 7.45. The number of carbonyl (C=O) groups is 1. The van der Waals surface area contributed by atoms with Crippen molar-refractivity contribution in [2.45, 2.75) is 19.8 Å². The summed E-state index contributed by atoms with van der Waals surface area (Å²) in [5.74, 6) is 0.473. The third-order valence-corrected chi connectivity index (χ3v) is 4.36. The molecule has 0 aliphatic carbocycles. The average Bonchev–Trinajstić information content (AvgIpc) is 2.92. The molecule has 1 fully saturated rings. The van der Waals surface area contributed by atoms with E-state index in [1.165, 1.54) is 24.1 Å². The molecule has 0 aromatic heterocycles. The second-order valence-corrected chi connectivity index (χ2v) is 6.91.